The summed E-state index contributed by atoms with van der Waals surface area (Å²) >= 11 is 3.04. The van der Waals surface area contributed by atoms with Crippen LogP contribution >= 0.6 is 35.5 Å². The van der Waals surface area contributed by atoms with Crippen LogP contribution in [0.3, 0.4) is 0 Å². The lowest BCUT2D eigenvalue weighted by Gasteiger charge is -2.21. The molecule has 2 aromatic carbocycles. The van der Waals surface area contributed by atoms with Gasteiger partial charge in [-0.15, -0.1) is 24.2 Å². The highest BCUT2D eigenvalue weighted by atomic mass is 35.5. The third-order valence-corrected chi connectivity index (χ3v) is 6.24. The first-order chi connectivity index (χ1) is 13.5. The number of anilines is 1. The average molecular weight is 454 g/mol. The van der Waals surface area contributed by atoms with Gasteiger partial charge in [0.05, 0.1) is 10.2 Å². The zero-order chi connectivity index (χ0) is 19.9. The number of carbonyl (C=O) groups excluding carboxylic acids is 1. The molecule has 0 bridgehead atoms. The number of aromatic nitrogens is 1. The van der Waals surface area contributed by atoms with E-state index in [2.05, 4.69) is 9.88 Å². The van der Waals surface area contributed by atoms with Gasteiger partial charge >= 0.3 is 0 Å². The van der Waals surface area contributed by atoms with Crippen molar-refractivity contribution in [1.82, 2.24) is 9.88 Å². The highest BCUT2D eigenvalue weighted by molar-refractivity contribution is 7.99. The summed E-state index contributed by atoms with van der Waals surface area (Å²) in [7, 11) is 4.03. The van der Waals surface area contributed by atoms with E-state index in [9.17, 15) is 9.18 Å². The van der Waals surface area contributed by atoms with Crippen LogP contribution in [0.5, 0.6) is 0 Å². The molecular formula is C21H25ClFN3OS2. The molecule has 1 heterocycles. The second-order valence-electron chi connectivity index (χ2n) is 6.72. The van der Waals surface area contributed by atoms with Crippen LogP contribution in [0.2, 0.25) is 0 Å². The van der Waals surface area contributed by atoms with Crippen LogP contribution in [0, 0.1) is 5.82 Å². The molecule has 1 aromatic heterocycles. The molecule has 0 atom stereocenters. The fourth-order valence-electron chi connectivity index (χ4n) is 2.78. The molecular weight excluding hydrogens is 429 g/mol. The van der Waals surface area contributed by atoms with Gasteiger partial charge in [-0.1, -0.05) is 29.5 Å². The second-order valence-corrected chi connectivity index (χ2v) is 8.90. The van der Waals surface area contributed by atoms with E-state index in [0.29, 0.717) is 23.8 Å². The van der Waals surface area contributed by atoms with Gasteiger partial charge in [0.1, 0.15) is 5.82 Å². The molecule has 0 aliphatic rings. The van der Waals surface area contributed by atoms with Gasteiger partial charge in [-0.2, -0.15) is 0 Å². The summed E-state index contributed by atoms with van der Waals surface area (Å²) in [6.07, 6.45) is 1.29. The molecule has 0 spiro atoms. The zero-order valence-electron chi connectivity index (χ0n) is 16.5. The summed E-state index contributed by atoms with van der Waals surface area (Å²) in [6, 6.07) is 14.6. The number of thioether (sulfide) groups is 1. The summed E-state index contributed by atoms with van der Waals surface area (Å²) in [6.45, 7) is 1.50. The number of hydrogen-bond acceptors (Lipinski definition) is 5. The molecule has 156 valence electrons. The molecule has 0 saturated carbocycles. The number of fused-ring (bicyclic) bond motifs is 1. The van der Waals surface area contributed by atoms with Gasteiger partial charge in [-0.05, 0) is 57.4 Å². The van der Waals surface area contributed by atoms with Crippen molar-refractivity contribution in [2.45, 2.75) is 17.7 Å². The number of nitrogens with zero attached hydrogens (tertiary/aromatic N) is 3. The number of amides is 1. The molecule has 0 aliphatic carbocycles. The lowest BCUT2D eigenvalue weighted by molar-refractivity contribution is -0.118. The smallest absolute Gasteiger partial charge is 0.229 e. The normalized spacial score (nSPS) is 10.9. The van der Waals surface area contributed by atoms with Crippen molar-refractivity contribution in [3.05, 3.63) is 54.3 Å². The molecule has 0 radical (unpaired) electrons. The van der Waals surface area contributed by atoms with Crippen LogP contribution in [-0.2, 0) is 4.79 Å². The Morgan fingerprint density at radius 2 is 1.90 bits per heavy atom. The first-order valence-corrected chi connectivity index (χ1v) is 11.0. The maximum atomic E-state index is 13.5. The maximum Gasteiger partial charge on any atom is 0.229 e. The van der Waals surface area contributed by atoms with E-state index in [-0.39, 0.29) is 24.1 Å². The predicted octanol–water partition coefficient (Wildman–Crippen LogP) is 5.32. The fourth-order valence-corrected chi connectivity index (χ4v) is 4.68. The van der Waals surface area contributed by atoms with Gasteiger partial charge < -0.3 is 4.90 Å². The van der Waals surface area contributed by atoms with E-state index in [1.807, 2.05) is 44.4 Å². The number of hydrogen-bond donors (Lipinski definition) is 0. The molecule has 3 aromatic rings. The van der Waals surface area contributed by atoms with Crippen LogP contribution in [0.25, 0.3) is 10.2 Å². The minimum absolute atomic E-state index is 0. The van der Waals surface area contributed by atoms with Crippen LogP contribution in [-0.4, -0.2) is 48.7 Å². The van der Waals surface area contributed by atoms with E-state index in [1.165, 1.54) is 23.5 Å². The molecule has 0 fully saturated rings. The monoisotopic (exact) mass is 453 g/mol. The lowest BCUT2D eigenvalue weighted by atomic mass is 10.3. The molecule has 0 N–H and O–H groups in total. The Labute approximate surface area is 185 Å². The fraction of sp³-hybridized carbons (Fsp3) is 0.333. The Hall–Kier alpha value is -1.67. The Balaban J connectivity index is 0.00000300. The van der Waals surface area contributed by atoms with Gasteiger partial charge in [-0.25, -0.2) is 9.37 Å². The summed E-state index contributed by atoms with van der Waals surface area (Å²) in [5, 5.41) is 0.647. The van der Waals surface area contributed by atoms with Crippen molar-refractivity contribution < 1.29 is 9.18 Å². The minimum atomic E-state index is -0.285. The molecule has 0 unspecified atom stereocenters. The standard InChI is InChI=1S/C21H24FN3OS2.ClH/c1-24(2)12-6-13-25(20(26)11-14-27-17-7-4-3-5-8-17)21-23-18-10-9-16(22)15-19(18)28-21;/h3-5,7-10,15H,6,11-14H2,1-2H3;1H. The Morgan fingerprint density at radius 1 is 1.14 bits per heavy atom. The molecule has 0 saturated heterocycles. The molecule has 29 heavy (non-hydrogen) atoms. The lowest BCUT2D eigenvalue weighted by Crippen LogP contribution is -2.33. The second kappa shape index (κ2) is 11.5. The average Bonchev–Trinajstić information content (AvgIpc) is 3.08. The Morgan fingerprint density at radius 3 is 2.62 bits per heavy atom. The quantitative estimate of drug-likeness (QED) is 0.410. The van der Waals surface area contributed by atoms with Crippen molar-refractivity contribution in [3.63, 3.8) is 0 Å². The zero-order valence-corrected chi connectivity index (χ0v) is 19.0. The van der Waals surface area contributed by atoms with Gasteiger partial charge in [0.25, 0.3) is 0 Å². The van der Waals surface area contributed by atoms with E-state index in [1.54, 1.807) is 22.7 Å². The maximum absolute atomic E-state index is 13.5. The summed E-state index contributed by atoms with van der Waals surface area (Å²) < 4.78 is 14.3. The first-order valence-electron chi connectivity index (χ1n) is 9.22. The van der Waals surface area contributed by atoms with E-state index in [0.717, 1.165) is 28.1 Å². The number of carbonyl (C=O) groups is 1. The summed E-state index contributed by atoms with van der Waals surface area (Å²) in [4.78, 5) is 22.5. The van der Waals surface area contributed by atoms with Crippen LogP contribution < -0.4 is 4.90 Å². The largest absolute Gasteiger partial charge is 0.309 e. The third-order valence-electron chi connectivity index (χ3n) is 4.19. The van der Waals surface area contributed by atoms with E-state index >= 15 is 0 Å². The van der Waals surface area contributed by atoms with Crippen LogP contribution in [0.4, 0.5) is 9.52 Å². The van der Waals surface area contributed by atoms with Gasteiger partial charge in [0.2, 0.25) is 5.91 Å². The molecule has 1 amide bonds. The Bertz CT molecular complexity index is 921. The number of rotatable bonds is 9. The van der Waals surface area contributed by atoms with Crippen molar-refractivity contribution in [3.8, 4) is 0 Å². The number of benzene rings is 2. The highest BCUT2D eigenvalue weighted by Crippen LogP contribution is 2.30. The van der Waals surface area contributed by atoms with Crippen LogP contribution in [0.1, 0.15) is 12.8 Å². The topological polar surface area (TPSA) is 36.4 Å². The molecule has 3 rings (SSSR count). The van der Waals surface area contributed by atoms with Crippen molar-refractivity contribution in [1.29, 1.82) is 0 Å². The molecule has 4 nitrogen and oxygen atoms in total. The van der Waals surface area contributed by atoms with Crippen molar-refractivity contribution in [2.24, 2.45) is 0 Å². The van der Waals surface area contributed by atoms with Gasteiger partial charge in [0.15, 0.2) is 5.13 Å². The number of thiazole rings is 1. The number of halogens is 2. The molecule has 0 aliphatic heterocycles. The van der Waals surface area contributed by atoms with E-state index in [4.69, 9.17) is 0 Å². The Kier molecular flexibility index (Phi) is 9.36. The summed E-state index contributed by atoms with van der Waals surface area (Å²) in [5.74, 6) is 0.487. The van der Waals surface area contributed by atoms with Crippen LogP contribution in [0.15, 0.2) is 53.4 Å². The van der Waals surface area contributed by atoms with E-state index < -0.39 is 0 Å². The van der Waals surface area contributed by atoms with Crippen molar-refractivity contribution >= 4 is 56.8 Å². The summed E-state index contributed by atoms with van der Waals surface area (Å²) in [5.41, 5.74) is 0.727. The van der Waals surface area contributed by atoms with Gasteiger partial charge in [-0.3, -0.25) is 9.69 Å². The third kappa shape index (κ3) is 6.96. The van der Waals surface area contributed by atoms with Gasteiger partial charge in [0, 0.05) is 23.6 Å². The molecule has 8 heteroatoms. The predicted molar refractivity (Wildman–Crippen MR) is 124 cm³/mol. The highest BCUT2D eigenvalue weighted by Gasteiger charge is 2.19. The SMILES string of the molecule is CN(C)CCCN(C(=O)CCSc1ccccc1)c1nc2ccc(F)cc2s1.Cl. The van der Waals surface area contributed by atoms with Crippen molar-refractivity contribution in [2.75, 3.05) is 37.8 Å². The first kappa shape index (κ1) is 23.6. The minimum Gasteiger partial charge on any atom is -0.309 e.